The van der Waals surface area contributed by atoms with Gasteiger partial charge in [-0.25, -0.2) is 0 Å². The lowest BCUT2D eigenvalue weighted by atomic mass is 10.3. The molecule has 4 nitrogen and oxygen atoms in total. The van der Waals surface area contributed by atoms with Gasteiger partial charge < -0.3 is 14.7 Å². The van der Waals surface area contributed by atoms with Gasteiger partial charge in [0, 0.05) is 45.3 Å². The standard InChI is InChI=1S/C15H36N4.C2H6/c1-8-17(6)10-13-19(12-9-16(4)5)14-11-18(7)15(2)3;1-2/h15H,8-14H2,1-7H3;1-2H3. The minimum absolute atomic E-state index is 0.633. The molecule has 0 N–H and O–H groups in total. The Labute approximate surface area is 135 Å². The van der Waals surface area contributed by atoms with E-state index in [4.69, 9.17) is 0 Å². The average Bonchev–Trinajstić information content (AvgIpc) is 2.47. The van der Waals surface area contributed by atoms with Crippen LogP contribution in [0, 0.1) is 0 Å². The summed E-state index contributed by atoms with van der Waals surface area (Å²) in [6.07, 6.45) is 0. The van der Waals surface area contributed by atoms with Gasteiger partial charge in [0.1, 0.15) is 0 Å². The monoisotopic (exact) mass is 302 g/mol. The first-order valence-corrected chi connectivity index (χ1v) is 8.62. The van der Waals surface area contributed by atoms with Crippen LogP contribution < -0.4 is 0 Å². The molecule has 0 spiro atoms. The summed E-state index contributed by atoms with van der Waals surface area (Å²) in [6, 6.07) is 0.633. The van der Waals surface area contributed by atoms with E-state index in [1.165, 1.54) is 13.1 Å². The van der Waals surface area contributed by atoms with Crippen molar-refractivity contribution in [2.45, 2.75) is 40.7 Å². The first kappa shape index (κ1) is 23.1. The van der Waals surface area contributed by atoms with Crippen LogP contribution in [-0.4, -0.2) is 99.6 Å². The molecule has 21 heavy (non-hydrogen) atoms. The molecule has 130 valence electrons. The molecule has 0 aliphatic heterocycles. The Hall–Kier alpha value is -0.160. The molecule has 0 aromatic heterocycles. The van der Waals surface area contributed by atoms with E-state index in [9.17, 15) is 0 Å². The van der Waals surface area contributed by atoms with E-state index in [0.29, 0.717) is 6.04 Å². The quantitative estimate of drug-likeness (QED) is 0.580. The lowest BCUT2D eigenvalue weighted by molar-refractivity contribution is 0.175. The molecule has 0 heterocycles. The van der Waals surface area contributed by atoms with Crippen molar-refractivity contribution in [3.8, 4) is 0 Å². The van der Waals surface area contributed by atoms with E-state index in [1.54, 1.807) is 0 Å². The van der Waals surface area contributed by atoms with E-state index in [0.717, 1.165) is 32.7 Å². The zero-order chi connectivity index (χ0) is 16.8. The smallest absolute Gasteiger partial charge is 0.0110 e. The zero-order valence-corrected chi connectivity index (χ0v) is 16.3. The number of hydrogen-bond acceptors (Lipinski definition) is 4. The fourth-order valence-electron chi connectivity index (χ4n) is 1.70. The minimum Gasteiger partial charge on any atom is -0.308 e. The third kappa shape index (κ3) is 14.5. The van der Waals surface area contributed by atoms with Crippen LogP contribution in [0.1, 0.15) is 34.6 Å². The summed E-state index contributed by atoms with van der Waals surface area (Å²) >= 11 is 0. The lowest BCUT2D eigenvalue weighted by Crippen LogP contribution is -2.42. The van der Waals surface area contributed by atoms with Gasteiger partial charge in [-0.1, -0.05) is 20.8 Å². The van der Waals surface area contributed by atoms with Crippen LogP contribution in [0.3, 0.4) is 0 Å². The van der Waals surface area contributed by atoms with Crippen molar-refractivity contribution < 1.29 is 0 Å². The molecule has 0 aliphatic carbocycles. The largest absolute Gasteiger partial charge is 0.308 e. The van der Waals surface area contributed by atoms with Gasteiger partial charge in [-0.3, -0.25) is 4.90 Å². The summed E-state index contributed by atoms with van der Waals surface area (Å²) in [6.45, 7) is 18.8. The van der Waals surface area contributed by atoms with Gasteiger partial charge >= 0.3 is 0 Å². The number of nitrogens with zero attached hydrogens (tertiary/aromatic N) is 4. The van der Waals surface area contributed by atoms with Crippen LogP contribution in [0.5, 0.6) is 0 Å². The van der Waals surface area contributed by atoms with Gasteiger partial charge in [0.25, 0.3) is 0 Å². The van der Waals surface area contributed by atoms with Crippen molar-refractivity contribution in [3.63, 3.8) is 0 Å². The summed E-state index contributed by atoms with van der Waals surface area (Å²) in [5.74, 6) is 0. The molecule has 0 atom stereocenters. The maximum Gasteiger partial charge on any atom is 0.0110 e. The Morgan fingerprint density at radius 3 is 1.62 bits per heavy atom. The molecule has 0 aromatic carbocycles. The van der Waals surface area contributed by atoms with Crippen LogP contribution in [0.4, 0.5) is 0 Å². The molecule has 0 radical (unpaired) electrons. The molecular weight excluding hydrogens is 260 g/mol. The molecule has 4 heteroatoms. The highest BCUT2D eigenvalue weighted by Gasteiger charge is 2.09. The van der Waals surface area contributed by atoms with Gasteiger partial charge in [-0.05, 0) is 48.6 Å². The summed E-state index contributed by atoms with van der Waals surface area (Å²) in [5, 5.41) is 0. The van der Waals surface area contributed by atoms with Crippen molar-refractivity contribution in [2.75, 3.05) is 74.0 Å². The Morgan fingerprint density at radius 2 is 1.19 bits per heavy atom. The van der Waals surface area contributed by atoms with Crippen LogP contribution in [-0.2, 0) is 0 Å². The first-order chi connectivity index (χ1) is 9.86. The van der Waals surface area contributed by atoms with Gasteiger partial charge in [0.2, 0.25) is 0 Å². The zero-order valence-electron chi connectivity index (χ0n) is 16.3. The topological polar surface area (TPSA) is 13.0 Å². The van der Waals surface area contributed by atoms with Crippen molar-refractivity contribution >= 4 is 0 Å². The van der Waals surface area contributed by atoms with Crippen molar-refractivity contribution in [3.05, 3.63) is 0 Å². The molecule has 0 rings (SSSR count). The van der Waals surface area contributed by atoms with E-state index in [1.807, 2.05) is 13.8 Å². The highest BCUT2D eigenvalue weighted by Crippen LogP contribution is 1.97. The molecule has 0 unspecified atom stereocenters. The number of hydrogen-bond donors (Lipinski definition) is 0. The van der Waals surface area contributed by atoms with Crippen molar-refractivity contribution in [1.29, 1.82) is 0 Å². The third-order valence-corrected chi connectivity index (χ3v) is 3.85. The molecule has 0 aromatic rings. The molecule has 0 amide bonds. The molecular formula is C17H42N4. The maximum atomic E-state index is 2.59. The van der Waals surface area contributed by atoms with Gasteiger partial charge in [-0.15, -0.1) is 0 Å². The van der Waals surface area contributed by atoms with E-state index in [-0.39, 0.29) is 0 Å². The van der Waals surface area contributed by atoms with Crippen LogP contribution >= 0.6 is 0 Å². The first-order valence-electron chi connectivity index (χ1n) is 8.62. The molecule has 0 saturated heterocycles. The minimum atomic E-state index is 0.633. The van der Waals surface area contributed by atoms with Gasteiger partial charge in [0.05, 0.1) is 0 Å². The second-order valence-corrected chi connectivity index (χ2v) is 6.12. The number of likely N-dealkylation sites (N-methyl/N-ethyl adjacent to an activating group) is 3. The SMILES string of the molecule is CC.CCN(C)CCN(CCN(C)C)CCN(C)C(C)C. The normalized spacial score (nSPS) is 11.7. The third-order valence-electron chi connectivity index (χ3n) is 3.85. The van der Waals surface area contributed by atoms with E-state index in [2.05, 4.69) is 68.6 Å². The molecule has 0 fully saturated rings. The van der Waals surface area contributed by atoms with Gasteiger partial charge in [0.15, 0.2) is 0 Å². The van der Waals surface area contributed by atoms with Crippen molar-refractivity contribution in [1.82, 2.24) is 19.6 Å². The number of rotatable bonds is 11. The molecule has 0 aliphatic rings. The Bertz CT molecular complexity index is 207. The Morgan fingerprint density at radius 1 is 0.714 bits per heavy atom. The second kappa shape index (κ2) is 14.8. The van der Waals surface area contributed by atoms with Crippen LogP contribution in [0.2, 0.25) is 0 Å². The van der Waals surface area contributed by atoms with Crippen LogP contribution in [0.15, 0.2) is 0 Å². The fourth-order valence-corrected chi connectivity index (χ4v) is 1.70. The Balaban J connectivity index is 0. The molecule has 0 saturated carbocycles. The summed E-state index contributed by atoms with van der Waals surface area (Å²) in [4.78, 5) is 9.66. The summed E-state index contributed by atoms with van der Waals surface area (Å²) < 4.78 is 0. The van der Waals surface area contributed by atoms with Gasteiger partial charge in [-0.2, -0.15) is 0 Å². The Kier molecular flexibility index (Phi) is 16.2. The predicted octanol–water partition coefficient (Wildman–Crippen LogP) is 2.17. The highest BCUT2D eigenvalue weighted by molar-refractivity contribution is 4.66. The highest BCUT2D eigenvalue weighted by atomic mass is 15.2. The lowest BCUT2D eigenvalue weighted by Gasteiger charge is -2.29. The second-order valence-electron chi connectivity index (χ2n) is 6.12. The van der Waals surface area contributed by atoms with Crippen molar-refractivity contribution in [2.24, 2.45) is 0 Å². The summed E-state index contributed by atoms with van der Waals surface area (Å²) in [7, 11) is 8.71. The summed E-state index contributed by atoms with van der Waals surface area (Å²) in [5.41, 5.74) is 0. The maximum absolute atomic E-state index is 2.59. The average molecular weight is 303 g/mol. The predicted molar refractivity (Wildman–Crippen MR) is 97.3 cm³/mol. The van der Waals surface area contributed by atoms with E-state index >= 15 is 0 Å². The molecule has 0 bridgehead atoms. The fraction of sp³-hybridized carbons (Fsp3) is 1.00. The van der Waals surface area contributed by atoms with Crippen LogP contribution in [0.25, 0.3) is 0 Å². The van der Waals surface area contributed by atoms with E-state index < -0.39 is 0 Å².